The summed E-state index contributed by atoms with van der Waals surface area (Å²) in [4.78, 5) is 19.3. The molecule has 0 atom stereocenters. The summed E-state index contributed by atoms with van der Waals surface area (Å²) in [6.45, 7) is 0. The summed E-state index contributed by atoms with van der Waals surface area (Å²) in [6.07, 6.45) is -3.48. The zero-order valence-corrected chi connectivity index (χ0v) is 10.8. The fraction of sp³-hybridized carbons (Fsp3) is 0.154. The van der Waals surface area contributed by atoms with E-state index in [0.29, 0.717) is 0 Å². The molecule has 2 aromatic rings. The van der Waals surface area contributed by atoms with Gasteiger partial charge in [0.25, 0.3) is 5.91 Å². The second kappa shape index (κ2) is 5.78. The van der Waals surface area contributed by atoms with Crippen molar-refractivity contribution >= 4 is 11.6 Å². The van der Waals surface area contributed by atoms with Crippen LogP contribution in [0.15, 0.2) is 36.7 Å². The zero-order valence-electron chi connectivity index (χ0n) is 10.8. The summed E-state index contributed by atoms with van der Waals surface area (Å²) in [6, 6.07) is 5.92. The Labute approximate surface area is 117 Å². The third-order valence-electron chi connectivity index (χ3n) is 2.56. The van der Waals surface area contributed by atoms with Crippen molar-refractivity contribution in [2.24, 2.45) is 0 Å². The first-order valence-electron chi connectivity index (χ1n) is 5.75. The first kappa shape index (κ1) is 14.8. The molecular formula is C13H10F3N3O2. The number of para-hydroxylation sites is 1. The van der Waals surface area contributed by atoms with Crippen molar-refractivity contribution in [3.8, 4) is 5.88 Å². The number of ether oxygens (including phenoxy) is 1. The van der Waals surface area contributed by atoms with Gasteiger partial charge in [-0.15, -0.1) is 0 Å². The molecule has 0 radical (unpaired) electrons. The molecule has 0 saturated heterocycles. The summed E-state index contributed by atoms with van der Waals surface area (Å²) in [5.41, 5.74) is -1.37. The van der Waals surface area contributed by atoms with E-state index in [1.165, 1.54) is 31.4 Å². The van der Waals surface area contributed by atoms with Gasteiger partial charge in [-0.2, -0.15) is 13.2 Å². The minimum atomic E-state index is -4.56. The van der Waals surface area contributed by atoms with E-state index >= 15 is 0 Å². The van der Waals surface area contributed by atoms with E-state index in [0.717, 1.165) is 12.4 Å². The molecule has 1 amide bonds. The molecule has 0 spiro atoms. The average molecular weight is 297 g/mol. The second-order valence-electron chi connectivity index (χ2n) is 3.94. The van der Waals surface area contributed by atoms with Gasteiger partial charge in [0, 0.05) is 6.07 Å². The average Bonchev–Trinajstić information content (AvgIpc) is 2.46. The molecule has 0 saturated carbocycles. The van der Waals surface area contributed by atoms with Crippen molar-refractivity contribution < 1.29 is 22.7 Å². The van der Waals surface area contributed by atoms with Crippen molar-refractivity contribution in [2.75, 3.05) is 12.4 Å². The van der Waals surface area contributed by atoms with Crippen LogP contribution in [0.1, 0.15) is 16.1 Å². The second-order valence-corrected chi connectivity index (χ2v) is 3.94. The number of hydrogen-bond donors (Lipinski definition) is 1. The normalized spacial score (nSPS) is 11.0. The number of nitrogens with zero attached hydrogens (tertiary/aromatic N) is 2. The monoisotopic (exact) mass is 297 g/mol. The number of carbonyl (C=O) groups excluding carboxylic acids is 1. The number of carbonyl (C=O) groups is 1. The molecule has 1 aromatic heterocycles. The maximum absolute atomic E-state index is 12.8. The molecule has 1 aromatic carbocycles. The van der Waals surface area contributed by atoms with Crippen LogP contribution in [0.5, 0.6) is 5.88 Å². The summed E-state index contributed by atoms with van der Waals surface area (Å²) in [5, 5.41) is 2.18. The minimum absolute atomic E-state index is 0.0983. The van der Waals surface area contributed by atoms with E-state index in [9.17, 15) is 18.0 Å². The number of aromatic nitrogens is 2. The van der Waals surface area contributed by atoms with E-state index in [1.54, 1.807) is 0 Å². The van der Waals surface area contributed by atoms with Crippen LogP contribution in [0, 0.1) is 0 Å². The number of hydrogen-bond acceptors (Lipinski definition) is 4. The number of halogens is 3. The third-order valence-corrected chi connectivity index (χ3v) is 2.56. The number of anilines is 1. The molecule has 110 valence electrons. The molecule has 0 bridgehead atoms. The van der Waals surface area contributed by atoms with Crippen LogP contribution in [0.4, 0.5) is 18.9 Å². The Morgan fingerprint density at radius 3 is 2.62 bits per heavy atom. The Morgan fingerprint density at radius 1 is 1.24 bits per heavy atom. The van der Waals surface area contributed by atoms with Crippen LogP contribution in [0.2, 0.25) is 0 Å². The molecule has 21 heavy (non-hydrogen) atoms. The Hall–Kier alpha value is -2.64. The van der Waals surface area contributed by atoms with Gasteiger partial charge in [-0.3, -0.25) is 4.79 Å². The lowest BCUT2D eigenvalue weighted by Gasteiger charge is -2.13. The van der Waals surface area contributed by atoms with Crippen LogP contribution >= 0.6 is 0 Å². The Kier molecular flexibility index (Phi) is 4.06. The van der Waals surface area contributed by atoms with E-state index < -0.39 is 17.6 Å². The van der Waals surface area contributed by atoms with Crippen molar-refractivity contribution in [2.45, 2.75) is 6.18 Å². The molecule has 5 nitrogen and oxygen atoms in total. The van der Waals surface area contributed by atoms with Crippen molar-refractivity contribution in [1.82, 2.24) is 9.97 Å². The minimum Gasteiger partial charge on any atom is -0.481 e. The van der Waals surface area contributed by atoms with Crippen molar-refractivity contribution in [3.63, 3.8) is 0 Å². The molecule has 8 heteroatoms. The maximum Gasteiger partial charge on any atom is 0.418 e. The lowest BCUT2D eigenvalue weighted by Crippen LogP contribution is -2.17. The SMILES string of the molecule is COc1cc(C(=O)Nc2ccccc2C(F)(F)F)ncn1. The van der Waals surface area contributed by atoms with Crippen LogP contribution in [0.3, 0.4) is 0 Å². The topological polar surface area (TPSA) is 64.1 Å². The van der Waals surface area contributed by atoms with Gasteiger partial charge in [0.2, 0.25) is 5.88 Å². The summed E-state index contributed by atoms with van der Waals surface area (Å²) in [7, 11) is 1.35. The fourth-order valence-corrected chi connectivity index (χ4v) is 1.60. The summed E-state index contributed by atoms with van der Waals surface area (Å²) >= 11 is 0. The number of nitrogens with one attached hydrogen (secondary N) is 1. The summed E-state index contributed by atoms with van der Waals surface area (Å²) < 4.78 is 43.3. The Balaban J connectivity index is 2.28. The van der Waals surface area contributed by atoms with E-state index in [2.05, 4.69) is 15.3 Å². The van der Waals surface area contributed by atoms with E-state index in [1.807, 2.05) is 0 Å². The largest absolute Gasteiger partial charge is 0.481 e. The van der Waals surface area contributed by atoms with Gasteiger partial charge in [-0.1, -0.05) is 12.1 Å². The molecule has 1 heterocycles. The smallest absolute Gasteiger partial charge is 0.418 e. The molecule has 1 N–H and O–H groups in total. The molecule has 0 aliphatic heterocycles. The van der Waals surface area contributed by atoms with Gasteiger partial charge in [0.1, 0.15) is 12.0 Å². The fourth-order valence-electron chi connectivity index (χ4n) is 1.60. The van der Waals surface area contributed by atoms with Crippen molar-refractivity contribution in [1.29, 1.82) is 0 Å². The molecule has 0 aliphatic carbocycles. The highest BCUT2D eigenvalue weighted by Crippen LogP contribution is 2.34. The highest BCUT2D eigenvalue weighted by Gasteiger charge is 2.33. The van der Waals surface area contributed by atoms with Gasteiger partial charge in [-0.05, 0) is 12.1 Å². The van der Waals surface area contributed by atoms with Crippen LogP contribution < -0.4 is 10.1 Å². The number of alkyl halides is 3. The number of benzene rings is 1. The predicted molar refractivity (Wildman–Crippen MR) is 68.0 cm³/mol. The molecule has 0 unspecified atom stereocenters. The molecule has 2 rings (SSSR count). The van der Waals surface area contributed by atoms with Crippen LogP contribution in [-0.2, 0) is 6.18 Å². The highest BCUT2D eigenvalue weighted by molar-refractivity contribution is 6.03. The van der Waals surface area contributed by atoms with E-state index in [4.69, 9.17) is 4.74 Å². The van der Waals surface area contributed by atoms with Gasteiger partial charge in [0.15, 0.2) is 0 Å². The standard InChI is InChI=1S/C13H10F3N3O2/c1-21-11-6-10(17-7-18-11)12(20)19-9-5-3-2-4-8(9)13(14,15)16/h2-7H,1H3,(H,19,20). The Morgan fingerprint density at radius 2 is 1.95 bits per heavy atom. The number of methoxy groups -OCH3 is 1. The first-order chi connectivity index (χ1) is 9.91. The Bertz CT molecular complexity index is 659. The van der Waals surface area contributed by atoms with Gasteiger partial charge in [-0.25, -0.2) is 9.97 Å². The number of rotatable bonds is 3. The quantitative estimate of drug-likeness (QED) is 0.946. The van der Waals surface area contributed by atoms with Crippen molar-refractivity contribution in [3.05, 3.63) is 47.9 Å². The van der Waals surface area contributed by atoms with Crippen LogP contribution in [0.25, 0.3) is 0 Å². The predicted octanol–water partition coefficient (Wildman–Crippen LogP) is 2.76. The molecule has 0 aliphatic rings. The first-order valence-corrected chi connectivity index (χ1v) is 5.75. The van der Waals surface area contributed by atoms with E-state index in [-0.39, 0.29) is 17.3 Å². The lowest BCUT2D eigenvalue weighted by molar-refractivity contribution is -0.136. The third kappa shape index (κ3) is 3.47. The zero-order chi connectivity index (χ0) is 15.5. The maximum atomic E-state index is 12.8. The van der Waals surface area contributed by atoms with Gasteiger partial charge < -0.3 is 10.1 Å². The van der Waals surface area contributed by atoms with Crippen LogP contribution in [-0.4, -0.2) is 23.0 Å². The van der Waals surface area contributed by atoms with Gasteiger partial charge >= 0.3 is 6.18 Å². The van der Waals surface area contributed by atoms with Gasteiger partial charge in [0.05, 0.1) is 18.4 Å². The molecule has 0 fully saturated rings. The summed E-state index contributed by atoms with van der Waals surface area (Å²) in [5.74, 6) is -0.647. The molecular weight excluding hydrogens is 287 g/mol. The number of amides is 1. The highest BCUT2D eigenvalue weighted by atomic mass is 19.4. The lowest BCUT2D eigenvalue weighted by atomic mass is 10.1.